The second-order valence-corrected chi connectivity index (χ2v) is 8.77. The zero-order chi connectivity index (χ0) is 18.0. The smallest absolute Gasteiger partial charge is 0.232 e. The molecule has 2 aromatic rings. The molecule has 0 fully saturated rings. The van der Waals surface area contributed by atoms with Gasteiger partial charge in [0.2, 0.25) is 10.0 Å². The SMILES string of the molecule is COc1ccc(SCC(=O)c2ccc3c(c2)CCN3S(C)(=O)=O)cc1. The fraction of sp³-hybridized carbons (Fsp3) is 0.278. The second kappa shape index (κ2) is 7.09. The van der Waals surface area contributed by atoms with E-state index in [1.807, 2.05) is 30.3 Å². The number of sulfonamides is 1. The lowest BCUT2D eigenvalue weighted by Crippen LogP contribution is -2.27. The van der Waals surface area contributed by atoms with Gasteiger partial charge in [-0.1, -0.05) is 0 Å². The Morgan fingerprint density at radius 1 is 1.20 bits per heavy atom. The van der Waals surface area contributed by atoms with Crippen molar-refractivity contribution >= 4 is 33.3 Å². The lowest BCUT2D eigenvalue weighted by Gasteiger charge is -2.16. The van der Waals surface area contributed by atoms with Crippen molar-refractivity contribution in [3.63, 3.8) is 0 Å². The van der Waals surface area contributed by atoms with Crippen LogP contribution >= 0.6 is 11.8 Å². The Morgan fingerprint density at radius 3 is 2.56 bits per heavy atom. The maximum absolute atomic E-state index is 12.4. The van der Waals surface area contributed by atoms with Crippen molar-refractivity contribution in [2.24, 2.45) is 0 Å². The third-order valence-corrected chi connectivity index (χ3v) is 6.28. The van der Waals surface area contributed by atoms with Gasteiger partial charge in [-0.05, 0) is 54.4 Å². The predicted molar refractivity (Wildman–Crippen MR) is 100 cm³/mol. The highest BCUT2D eigenvalue weighted by atomic mass is 32.2. The third-order valence-electron chi connectivity index (χ3n) is 4.08. The number of methoxy groups -OCH3 is 1. The largest absolute Gasteiger partial charge is 0.497 e. The number of hydrogen-bond donors (Lipinski definition) is 0. The van der Waals surface area contributed by atoms with Crippen molar-refractivity contribution in [3.05, 3.63) is 53.6 Å². The molecule has 1 heterocycles. The molecule has 0 saturated heterocycles. The summed E-state index contributed by atoms with van der Waals surface area (Å²) in [5.41, 5.74) is 2.21. The van der Waals surface area contributed by atoms with Crippen LogP contribution in [0.25, 0.3) is 0 Å². The van der Waals surface area contributed by atoms with Gasteiger partial charge in [0.25, 0.3) is 0 Å². The van der Waals surface area contributed by atoms with Crippen molar-refractivity contribution in [2.45, 2.75) is 11.3 Å². The van der Waals surface area contributed by atoms with Crippen LogP contribution in [-0.4, -0.2) is 39.9 Å². The van der Waals surface area contributed by atoms with Gasteiger partial charge in [-0.2, -0.15) is 0 Å². The summed E-state index contributed by atoms with van der Waals surface area (Å²) in [6.45, 7) is 0.437. The second-order valence-electron chi connectivity index (χ2n) is 5.82. The molecule has 0 aromatic heterocycles. The molecule has 5 nitrogen and oxygen atoms in total. The van der Waals surface area contributed by atoms with Crippen LogP contribution in [0.1, 0.15) is 15.9 Å². The topological polar surface area (TPSA) is 63.7 Å². The number of carbonyl (C=O) groups is 1. The summed E-state index contributed by atoms with van der Waals surface area (Å²) in [7, 11) is -1.65. The molecule has 0 saturated carbocycles. The van der Waals surface area contributed by atoms with Crippen LogP contribution in [0.5, 0.6) is 5.75 Å². The molecule has 7 heteroatoms. The number of anilines is 1. The van der Waals surface area contributed by atoms with Crippen molar-refractivity contribution in [1.29, 1.82) is 0 Å². The van der Waals surface area contributed by atoms with E-state index in [2.05, 4.69) is 0 Å². The van der Waals surface area contributed by atoms with Gasteiger partial charge in [0.05, 0.1) is 24.8 Å². The molecular formula is C18H19NO4S2. The Morgan fingerprint density at radius 2 is 1.92 bits per heavy atom. The molecule has 3 rings (SSSR count). The number of ether oxygens (including phenoxy) is 1. The van der Waals surface area contributed by atoms with Gasteiger partial charge in [-0.15, -0.1) is 11.8 Å². The number of hydrogen-bond acceptors (Lipinski definition) is 5. The summed E-state index contributed by atoms with van der Waals surface area (Å²) < 4.78 is 30.0. The zero-order valence-corrected chi connectivity index (χ0v) is 15.7. The number of fused-ring (bicyclic) bond motifs is 1. The molecule has 132 valence electrons. The fourth-order valence-electron chi connectivity index (χ4n) is 2.79. The molecule has 1 aliphatic rings. The minimum absolute atomic E-state index is 0.0291. The molecule has 0 N–H and O–H groups in total. The van der Waals surface area contributed by atoms with Gasteiger partial charge in [-0.3, -0.25) is 9.10 Å². The van der Waals surface area contributed by atoms with Gasteiger partial charge >= 0.3 is 0 Å². The number of thioether (sulfide) groups is 1. The highest BCUT2D eigenvalue weighted by molar-refractivity contribution is 8.00. The average Bonchev–Trinajstić information content (AvgIpc) is 3.03. The molecular weight excluding hydrogens is 358 g/mol. The standard InChI is InChI=1S/C18H19NO4S2/c1-23-15-4-6-16(7-5-15)24-12-18(20)14-3-8-17-13(11-14)9-10-19(17)25(2,21)22/h3-8,11H,9-10,12H2,1-2H3. The van der Waals surface area contributed by atoms with Crippen LogP contribution in [0.15, 0.2) is 47.4 Å². The monoisotopic (exact) mass is 377 g/mol. The normalized spacial score (nSPS) is 13.6. The van der Waals surface area contributed by atoms with Crippen molar-refractivity contribution in [1.82, 2.24) is 0 Å². The maximum Gasteiger partial charge on any atom is 0.232 e. The van der Waals surface area contributed by atoms with E-state index in [1.165, 1.54) is 22.3 Å². The number of nitrogens with zero attached hydrogens (tertiary/aromatic N) is 1. The molecule has 0 radical (unpaired) electrons. The zero-order valence-electron chi connectivity index (χ0n) is 14.1. The fourth-order valence-corrected chi connectivity index (χ4v) is 4.54. The minimum Gasteiger partial charge on any atom is -0.497 e. The first kappa shape index (κ1) is 17.8. The molecule has 0 amide bonds. The van der Waals surface area contributed by atoms with Crippen LogP contribution in [-0.2, 0) is 16.4 Å². The number of ketones is 1. The van der Waals surface area contributed by atoms with Crippen LogP contribution in [0.3, 0.4) is 0 Å². The first-order valence-corrected chi connectivity index (χ1v) is 10.6. The summed E-state index contributed by atoms with van der Waals surface area (Å²) in [6.07, 6.45) is 1.84. The summed E-state index contributed by atoms with van der Waals surface area (Å²) in [4.78, 5) is 13.4. The van der Waals surface area contributed by atoms with Crippen molar-refractivity contribution in [3.8, 4) is 5.75 Å². The van der Waals surface area contributed by atoms with E-state index in [4.69, 9.17) is 4.74 Å². The van der Waals surface area contributed by atoms with Gasteiger partial charge in [0.1, 0.15) is 5.75 Å². The first-order valence-electron chi connectivity index (χ1n) is 7.79. The summed E-state index contributed by atoms with van der Waals surface area (Å²) >= 11 is 1.47. The molecule has 0 bridgehead atoms. The Bertz CT molecular complexity index is 892. The molecule has 0 aliphatic carbocycles. The van der Waals surface area contributed by atoms with Crippen molar-refractivity contribution in [2.75, 3.05) is 30.0 Å². The van der Waals surface area contributed by atoms with Crippen LogP contribution in [0.2, 0.25) is 0 Å². The average molecular weight is 377 g/mol. The molecule has 2 aromatic carbocycles. The lowest BCUT2D eigenvalue weighted by molar-refractivity contribution is 0.102. The van der Waals surface area contributed by atoms with Gasteiger partial charge in [-0.25, -0.2) is 8.42 Å². The Kier molecular flexibility index (Phi) is 5.06. The Labute approximate surface area is 152 Å². The predicted octanol–water partition coefficient (Wildman–Crippen LogP) is 2.99. The van der Waals surface area contributed by atoms with E-state index in [1.54, 1.807) is 19.2 Å². The summed E-state index contributed by atoms with van der Waals surface area (Å²) in [6, 6.07) is 12.8. The highest BCUT2D eigenvalue weighted by Crippen LogP contribution is 2.31. The van der Waals surface area contributed by atoms with Crippen LogP contribution < -0.4 is 9.04 Å². The maximum atomic E-state index is 12.4. The number of Topliss-reactive ketones (excluding diaryl/α,β-unsaturated/α-hetero) is 1. The van der Waals surface area contributed by atoms with Crippen molar-refractivity contribution < 1.29 is 17.9 Å². The summed E-state index contributed by atoms with van der Waals surface area (Å²) in [5, 5.41) is 0. The van der Waals surface area contributed by atoms with E-state index < -0.39 is 10.0 Å². The number of benzene rings is 2. The Hall–Kier alpha value is -1.99. The quantitative estimate of drug-likeness (QED) is 0.572. The molecule has 1 aliphatic heterocycles. The third kappa shape index (κ3) is 3.99. The minimum atomic E-state index is -3.27. The van der Waals surface area contributed by atoms with Gasteiger partial charge in [0.15, 0.2) is 5.78 Å². The van der Waals surface area contributed by atoms with Crippen LogP contribution in [0, 0.1) is 0 Å². The first-order chi connectivity index (χ1) is 11.9. The lowest BCUT2D eigenvalue weighted by atomic mass is 10.1. The van der Waals surface area contributed by atoms with Gasteiger partial charge in [0, 0.05) is 17.0 Å². The molecule has 0 unspecified atom stereocenters. The molecule has 0 spiro atoms. The van der Waals surface area contributed by atoms with E-state index in [0.29, 0.717) is 30.0 Å². The van der Waals surface area contributed by atoms with Gasteiger partial charge < -0.3 is 4.74 Å². The molecule has 0 atom stereocenters. The van der Waals surface area contributed by atoms with E-state index in [9.17, 15) is 13.2 Å². The number of carbonyl (C=O) groups excluding carboxylic acids is 1. The Balaban J connectivity index is 1.69. The van der Waals surface area contributed by atoms with E-state index in [-0.39, 0.29) is 5.78 Å². The highest BCUT2D eigenvalue weighted by Gasteiger charge is 2.26. The van der Waals surface area contributed by atoms with E-state index >= 15 is 0 Å². The summed E-state index contributed by atoms with van der Waals surface area (Å²) in [5.74, 6) is 1.15. The van der Waals surface area contributed by atoms with E-state index in [0.717, 1.165) is 16.2 Å². The van der Waals surface area contributed by atoms with Crippen LogP contribution in [0.4, 0.5) is 5.69 Å². The molecule has 25 heavy (non-hydrogen) atoms. The number of rotatable bonds is 6.